The van der Waals surface area contributed by atoms with Crippen LogP contribution in [0.3, 0.4) is 0 Å². The molecule has 2 aromatic heterocycles. The van der Waals surface area contributed by atoms with Gasteiger partial charge in [-0.1, -0.05) is 13.0 Å². The maximum absolute atomic E-state index is 11.1. The topological polar surface area (TPSA) is 41.1 Å². The minimum Gasteiger partial charge on any atom is -0.325 e. The summed E-state index contributed by atoms with van der Waals surface area (Å²) in [6, 6.07) is 6.58. The van der Waals surface area contributed by atoms with Gasteiger partial charge in [0.05, 0.1) is 5.69 Å². The lowest BCUT2D eigenvalue weighted by molar-refractivity contribution is -0.114. The maximum atomic E-state index is 11.1. The summed E-state index contributed by atoms with van der Waals surface area (Å²) in [6.07, 6.45) is 1.06. The van der Waals surface area contributed by atoms with Gasteiger partial charge in [0.15, 0.2) is 0 Å². The Morgan fingerprint density at radius 1 is 1.32 bits per heavy atom. The van der Waals surface area contributed by atoms with Crippen molar-refractivity contribution in [2.45, 2.75) is 32.9 Å². The van der Waals surface area contributed by atoms with Gasteiger partial charge in [-0.05, 0) is 29.3 Å². The van der Waals surface area contributed by atoms with Crippen molar-refractivity contribution >= 4 is 34.3 Å². The SMILES string of the molecule is CCC(NCc1sccc1NC(C)=O)c1cccs1. The number of nitrogens with one attached hydrogen (secondary N) is 2. The van der Waals surface area contributed by atoms with Gasteiger partial charge in [-0.25, -0.2) is 0 Å². The van der Waals surface area contributed by atoms with Gasteiger partial charge >= 0.3 is 0 Å². The van der Waals surface area contributed by atoms with Crippen LogP contribution in [0, 0.1) is 0 Å². The number of thiophene rings is 2. The van der Waals surface area contributed by atoms with Crippen LogP contribution in [-0.2, 0) is 11.3 Å². The second kappa shape index (κ2) is 6.84. The quantitative estimate of drug-likeness (QED) is 0.845. The van der Waals surface area contributed by atoms with E-state index in [4.69, 9.17) is 0 Å². The largest absolute Gasteiger partial charge is 0.325 e. The molecule has 0 aliphatic heterocycles. The molecule has 2 N–H and O–H groups in total. The molecule has 2 aromatic rings. The maximum Gasteiger partial charge on any atom is 0.221 e. The molecule has 0 aromatic carbocycles. The zero-order valence-corrected chi connectivity index (χ0v) is 12.7. The number of amides is 1. The van der Waals surface area contributed by atoms with E-state index < -0.39 is 0 Å². The van der Waals surface area contributed by atoms with E-state index in [-0.39, 0.29) is 5.91 Å². The molecule has 0 aliphatic carbocycles. The number of carbonyl (C=O) groups is 1. The molecular formula is C14H18N2OS2. The monoisotopic (exact) mass is 294 g/mol. The molecule has 1 atom stereocenters. The van der Waals surface area contributed by atoms with Crippen molar-refractivity contribution in [1.82, 2.24) is 5.32 Å². The Hall–Kier alpha value is -1.17. The van der Waals surface area contributed by atoms with Gasteiger partial charge in [0, 0.05) is 29.3 Å². The molecule has 0 bridgehead atoms. The molecule has 0 fully saturated rings. The Bertz CT molecular complexity index is 519. The first-order valence-electron chi connectivity index (χ1n) is 6.31. The lowest BCUT2D eigenvalue weighted by Crippen LogP contribution is -2.19. The number of hydrogen-bond donors (Lipinski definition) is 2. The Labute approximate surface area is 121 Å². The minimum absolute atomic E-state index is 0.0232. The van der Waals surface area contributed by atoms with Gasteiger partial charge in [0.1, 0.15) is 0 Å². The summed E-state index contributed by atoms with van der Waals surface area (Å²) in [4.78, 5) is 13.7. The normalized spacial score (nSPS) is 12.3. The zero-order valence-electron chi connectivity index (χ0n) is 11.1. The predicted molar refractivity (Wildman–Crippen MR) is 82.8 cm³/mol. The molecule has 0 radical (unpaired) electrons. The van der Waals surface area contributed by atoms with E-state index in [1.807, 2.05) is 11.4 Å². The fraction of sp³-hybridized carbons (Fsp3) is 0.357. The van der Waals surface area contributed by atoms with E-state index in [0.29, 0.717) is 6.04 Å². The predicted octanol–water partition coefficient (Wildman–Crippen LogP) is 4.01. The van der Waals surface area contributed by atoms with Crippen LogP contribution < -0.4 is 10.6 Å². The summed E-state index contributed by atoms with van der Waals surface area (Å²) < 4.78 is 0. The average Bonchev–Trinajstić information content (AvgIpc) is 3.01. The lowest BCUT2D eigenvalue weighted by Gasteiger charge is -2.15. The highest BCUT2D eigenvalue weighted by Gasteiger charge is 2.12. The molecule has 0 saturated carbocycles. The second-order valence-electron chi connectivity index (χ2n) is 4.30. The van der Waals surface area contributed by atoms with Crippen LogP contribution in [0.1, 0.15) is 36.1 Å². The molecule has 3 nitrogen and oxygen atoms in total. The molecule has 2 rings (SSSR count). The van der Waals surface area contributed by atoms with Crippen LogP contribution in [0.2, 0.25) is 0 Å². The number of hydrogen-bond acceptors (Lipinski definition) is 4. The van der Waals surface area contributed by atoms with Crippen molar-refractivity contribution in [1.29, 1.82) is 0 Å². The summed E-state index contributed by atoms with van der Waals surface area (Å²) in [6.45, 7) is 4.50. The van der Waals surface area contributed by atoms with Gasteiger partial charge in [-0.2, -0.15) is 0 Å². The summed E-state index contributed by atoms with van der Waals surface area (Å²) in [5, 5.41) is 10.5. The number of carbonyl (C=O) groups excluding carboxylic acids is 1. The van der Waals surface area contributed by atoms with E-state index >= 15 is 0 Å². The van der Waals surface area contributed by atoms with Crippen molar-refractivity contribution in [2.24, 2.45) is 0 Å². The molecule has 19 heavy (non-hydrogen) atoms. The summed E-state index contributed by atoms with van der Waals surface area (Å²) >= 11 is 3.45. The third-order valence-corrected chi connectivity index (χ3v) is 4.77. The zero-order chi connectivity index (χ0) is 13.7. The molecule has 1 unspecified atom stereocenters. The van der Waals surface area contributed by atoms with Gasteiger partial charge in [0.2, 0.25) is 5.91 Å². The van der Waals surface area contributed by atoms with E-state index in [9.17, 15) is 4.79 Å². The average molecular weight is 294 g/mol. The first kappa shape index (κ1) is 14.2. The molecule has 102 valence electrons. The second-order valence-corrected chi connectivity index (χ2v) is 6.28. The van der Waals surface area contributed by atoms with Crippen molar-refractivity contribution in [2.75, 3.05) is 5.32 Å². The van der Waals surface area contributed by atoms with Crippen LogP contribution in [-0.4, -0.2) is 5.91 Å². The Kier molecular flexibility index (Phi) is 5.13. The van der Waals surface area contributed by atoms with Gasteiger partial charge in [-0.3, -0.25) is 4.79 Å². The van der Waals surface area contributed by atoms with Crippen LogP contribution >= 0.6 is 22.7 Å². The van der Waals surface area contributed by atoms with Gasteiger partial charge in [0.25, 0.3) is 0 Å². The highest BCUT2D eigenvalue weighted by molar-refractivity contribution is 7.10. The van der Waals surface area contributed by atoms with Crippen LogP contribution in [0.25, 0.3) is 0 Å². The fourth-order valence-corrected chi connectivity index (χ4v) is 3.60. The van der Waals surface area contributed by atoms with Crippen molar-refractivity contribution in [3.8, 4) is 0 Å². The number of anilines is 1. The Balaban J connectivity index is 1.98. The summed E-state index contributed by atoms with van der Waals surface area (Å²) in [5.41, 5.74) is 0.922. The summed E-state index contributed by atoms with van der Waals surface area (Å²) in [5.74, 6) is -0.0232. The molecular weight excluding hydrogens is 276 g/mol. The third-order valence-electron chi connectivity index (χ3n) is 2.86. The third kappa shape index (κ3) is 3.89. The van der Waals surface area contributed by atoms with Crippen molar-refractivity contribution in [3.05, 3.63) is 38.7 Å². The van der Waals surface area contributed by atoms with Gasteiger partial charge in [-0.15, -0.1) is 22.7 Å². The van der Waals surface area contributed by atoms with Crippen molar-refractivity contribution < 1.29 is 4.79 Å². The molecule has 0 spiro atoms. The van der Waals surface area contributed by atoms with Gasteiger partial charge < -0.3 is 10.6 Å². The standard InChI is InChI=1S/C14H18N2OS2/c1-3-11(13-5-4-7-18-13)15-9-14-12(6-8-19-14)16-10(2)17/h4-8,11,15H,3,9H2,1-2H3,(H,16,17). The fourth-order valence-electron chi connectivity index (χ4n) is 1.93. The first-order valence-corrected chi connectivity index (χ1v) is 8.07. The van der Waals surface area contributed by atoms with Crippen LogP contribution in [0.5, 0.6) is 0 Å². The summed E-state index contributed by atoms with van der Waals surface area (Å²) in [7, 11) is 0. The highest BCUT2D eigenvalue weighted by Crippen LogP contribution is 2.26. The van der Waals surface area contributed by atoms with E-state index in [0.717, 1.165) is 18.7 Å². The Morgan fingerprint density at radius 3 is 2.79 bits per heavy atom. The first-order chi connectivity index (χ1) is 9.20. The van der Waals surface area contributed by atoms with E-state index in [2.05, 4.69) is 35.1 Å². The van der Waals surface area contributed by atoms with E-state index in [1.165, 1.54) is 16.7 Å². The van der Waals surface area contributed by atoms with Crippen LogP contribution in [0.15, 0.2) is 29.0 Å². The lowest BCUT2D eigenvalue weighted by atomic mass is 10.2. The molecule has 1 amide bonds. The van der Waals surface area contributed by atoms with E-state index in [1.54, 1.807) is 22.7 Å². The van der Waals surface area contributed by atoms with Crippen LogP contribution in [0.4, 0.5) is 5.69 Å². The molecule has 5 heteroatoms. The highest BCUT2D eigenvalue weighted by atomic mass is 32.1. The molecule has 0 aliphatic rings. The smallest absolute Gasteiger partial charge is 0.221 e. The number of rotatable bonds is 6. The minimum atomic E-state index is -0.0232. The Morgan fingerprint density at radius 2 is 2.16 bits per heavy atom. The molecule has 0 saturated heterocycles. The molecule has 2 heterocycles. The van der Waals surface area contributed by atoms with Crippen molar-refractivity contribution in [3.63, 3.8) is 0 Å².